The van der Waals surface area contributed by atoms with Gasteiger partial charge in [-0.1, -0.05) is 23.7 Å². The van der Waals surface area contributed by atoms with Crippen LogP contribution >= 0.6 is 11.6 Å². The summed E-state index contributed by atoms with van der Waals surface area (Å²) in [6.07, 6.45) is 1.12. The van der Waals surface area contributed by atoms with Gasteiger partial charge in [0.05, 0.1) is 0 Å². The highest BCUT2D eigenvalue weighted by Gasteiger charge is 2.12. The lowest BCUT2D eigenvalue weighted by Crippen LogP contribution is -2.14. The number of aromatic nitrogens is 2. The number of anilines is 3. The standard InChI is InChI=1S/C17H11ClF2N4O/c18-10-3-1-4-11(7-10)23-17(25)14-8-15(22-9-21-14)24-16-12(19)5-2-6-13(16)20/h1-9H,(H,23,25)(H,21,22,24). The Morgan fingerprint density at radius 3 is 2.44 bits per heavy atom. The molecule has 0 radical (unpaired) electrons. The van der Waals surface area contributed by atoms with Crippen molar-refractivity contribution in [3.05, 3.63) is 77.2 Å². The number of hydrogen-bond acceptors (Lipinski definition) is 4. The van der Waals surface area contributed by atoms with E-state index in [2.05, 4.69) is 20.6 Å². The first kappa shape index (κ1) is 16.8. The van der Waals surface area contributed by atoms with E-state index in [9.17, 15) is 13.6 Å². The summed E-state index contributed by atoms with van der Waals surface area (Å²) in [6.45, 7) is 0. The van der Waals surface area contributed by atoms with E-state index in [1.165, 1.54) is 12.1 Å². The highest BCUT2D eigenvalue weighted by atomic mass is 35.5. The Balaban J connectivity index is 1.80. The van der Waals surface area contributed by atoms with E-state index < -0.39 is 17.5 Å². The first-order chi connectivity index (χ1) is 12.0. The predicted octanol–water partition coefficient (Wildman–Crippen LogP) is 4.40. The van der Waals surface area contributed by atoms with Crippen LogP contribution in [0.4, 0.5) is 26.0 Å². The molecule has 3 rings (SSSR count). The van der Waals surface area contributed by atoms with Crippen molar-refractivity contribution in [1.29, 1.82) is 0 Å². The minimum atomic E-state index is -0.774. The van der Waals surface area contributed by atoms with Gasteiger partial charge in [0, 0.05) is 16.8 Å². The van der Waals surface area contributed by atoms with Crippen LogP contribution in [0.3, 0.4) is 0 Å². The first-order valence-electron chi connectivity index (χ1n) is 7.13. The highest BCUT2D eigenvalue weighted by Crippen LogP contribution is 2.22. The Bertz CT molecular complexity index is 916. The Labute approximate surface area is 146 Å². The van der Waals surface area contributed by atoms with E-state index in [4.69, 9.17) is 11.6 Å². The SMILES string of the molecule is O=C(Nc1cccc(Cl)c1)c1cc(Nc2c(F)cccc2F)ncn1. The summed E-state index contributed by atoms with van der Waals surface area (Å²) >= 11 is 5.86. The van der Waals surface area contributed by atoms with Crippen LogP contribution < -0.4 is 10.6 Å². The molecule has 126 valence electrons. The lowest BCUT2D eigenvalue weighted by Gasteiger charge is -2.09. The van der Waals surface area contributed by atoms with E-state index >= 15 is 0 Å². The van der Waals surface area contributed by atoms with Gasteiger partial charge >= 0.3 is 0 Å². The maximum Gasteiger partial charge on any atom is 0.274 e. The van der Waals surface area contributed by atoms with Gasteiger partial charge in [-0.3, -0.25) is 4.79 Å². The number of rotatable bonds is 4. The number of nitrogens with zero attached hydrogens (tertiary/aromatic N) is 2. The monoisotopic (exact) mass is 360 g/mol. The summed E-state index contributed by atoms with van der Waals surface area (Å²) < 4.78 is 27.4. The van der Waals surface area contributed by atoms with Crippen molar-refractivity contribution >= 4 is 34.7 Å². The molecule has 8 heteroatoms. The molecule has 1 amide bonds. The van der Waals surface area contributed by atoms with Crippen molar-refractivity contribution < 1.29 is 13.6 Å². The highest BCUT2D eigenvalue weighted by molar-refractivity contribution is 6.30. The fourth-order valence-corrected chi connectivity index (χ4v) is 2.25. The van der Waals surface area contributed by atoms with Gasteiger partial charge in [-0.2, -0.15) is 0 Å². The molecular weight excluding hydrogens is 350 g/mol. The summed E-state index contributed by atoms with van der Waals surface area (Å²) in [5.74, 6) is -1.98. The number of nitrogens with one attached hydrogen (secondary N) is 2. The normalized spacial score (nSPS) is 10.4. The van der Waals surface area contributed by atoms with E-state index in [0.29, 0.717) is 10.7 Å². The largest absolute Gasteiger partial charge is 0.335 e. The van der Waals surface area contributed by atoms with Crippen LogP contribution in [0.25, 0.3) is 0 Å². The lowest BCUT2D eigenvalue weighted by molar-refractivity contribution is 0.102. The van der Waals surface area contributed by atoms with Crippen LogP contribution in [0.5, 0.6) is 0 Å². The van der Waals surface area contributed by atoms with E-state index in [1.54, 1.807) is 24.3 Å². The zero-order valence-electron chi connectivity index (χ0n) is 12.6. The number of carbonyl (C=O) groups is 1. The molecule has 0 spiro atoms. The predicted molar refractivity (Wildman–Crippen MR) is 91.1 cm³/mol. The topological polar surface area (TPSA) is 66.9 Å². The third-order valence-electron chi connectivity index (χ3n) is 3.20. The molecule has 0 aliphatic carbocycles. The Kier molecular flexibility index (Phi) is 4.85. The molecule has 25 heavy (non-hydrogen) atoms. The molecule has 1 aromatic heterocycles. The van der Waals surface area contributed by atoms with Crippen molar-refractivity contribution in [2.45, 2.75) is 0 Å². The van der Waals surface area contributed by atoms with Gasteiger partial charge in [0.15, 0.2) is 0 Å². The third-order valence-corrected chi connectivity index (χ3v) is 3.43. The zero-order chi connectivity index (χ0) is 17.8. The maximum atomic E-state index is 13.7. The minimum absolute atomic E-state index is 0.0224. The van der Waals surface area contributed by atoms with E-state index in [0.717, 1.165) is 18.5 Å². The summed E-state index contributed by atoms with van der Waals surface area (Å²) in [6, 6.07) is 11.4. The van der Waals surface area contributed by atoms with Crippen molar-refractivity contribution in [2.24, 2.45) is 0 Å². The fourth-order valence-electron chi connectivity index (χ4n) is 2.06. The number of hydrogen-bond donors (Lipinski definition) is 2. The molecule has 3 aromatic rings. The molecule has 0 unspecified atom stereocenters. The number of para-hydroxylation sites is 1. The number of halogens is 3. The third kappa shape index (κ3) is 4.07. The molecule has 0 aliphatic rings. The quantitative estimate of drug-likeness (QED) is 0.723. The van der Waals surface area contributed by atoms with Crippen molar-refractivity contribution in [3.63, 3.8) is 0 Å². The second kappa shape index (κ2) is 7.23. The van der Waals surface area contributed by atoms with Crippen molar-refractivity contribution in [3.8, 4) is 0 Å². The Morgan fingerprint density at radius 2 is 1.72 bits per heavy atom. The summed E-state index contributed by atoms with van der Waals surface area (Å²) in [7, 11) is 0. The lowest BCUT2D eigenvalue weighted by atomic mass is 10.2. The Hall–Kier alpha value is -3.06. The van der Waals surface area contributed by atoms with Crippen LogP contribution in [0, 0.1) is 11.6 Å². The molecule has 1 heterocycles. The molecule has 0 saturated carbocycles. The molecule has 5 nitrogen and oxygen atoms in total. The van der Waals surface area contributed by atoms with Crippen molar-refractivity contribution in [1.82, 2.24) is 9.97 Å². The van der Waals surface area contributed by atoms with Crippen LogP contribution in [0.15, 0.2) is 54.9 Å². The van der Waals surface area contributed by atoms with Gasteiger partial charge in [0.1, 0.15) is 35.2 Å². The molecule has 0 atom stereocenters. The molecular formula is C17H11ClF2N4O. The van der Waals surface area contributed by atoms with Gasteiger partial charge in [-0.25, -0.2) is 18.7 Å². The van der Waals surface area contributed by atoms with Crippen LogP contribution in [-0.2, 0) is 0 Å². The molecule has 0 bridgehead atoms. The molecule has 0 saturated heterocycles. The van der Waals surface area contributed by atoms with Gasteiger partial charge in [-0.15, -0.1) is 0 Å². The number of amides is 1. The first-order valence-corrected chi connectivity index (χ1v) is 7.51. The molecule has 0 fully saturated rings. The zero-order valence-corrected chi connectivity index (χ0v) is 13.4. The second-order valence-electron chi connectivity index (χ2n) is 4.97. The van der Waals surface area contributed by atoms with E-state index in [1.807, 2.05) is 0 Å². The van der Waals surface area contributed by atoms with E-state index in [-0.39, 0.29) is 17.2 Å². The smallest absolute Gasteiger partial charge is 0.274 e. The molecule has 2 aromatic carbocycles. The van der Waals surface area contributed by atoms with Gasteiger partial charge in [0.25, 0.3) is 5.91 Å². The summed E-state index contributed by atoms with van der Waals surface area (Å²) in [5, 5.41) is 5.60. The second-order valence-corrected chi connectivity index (χ2v) is 5.41. The van der Waals surface area contributed by atoms with Gasteiger partial charge < -0.3 is 10.6 Å². The minimum Gasteiger partial charge on any atom is -0.335 e. The summed E-state index contributed by atoms with van der Waals surface area (Å²) in [4.78, 5) is 20.0. The van der Waals surface area contributed by atoms with Crippen LogP contribution in [-0.4, -0.2) is 15.9 Å². The molecule has 2 N–H and O–H groups in total. The summed E-state index contributed by atoms with van der Waals surface area (Å²) in [5.41, 5.74) is 0.155. The average molecular weight is 361 g/mol. The molecule has 0 aliphatic heterocycles. The van der Waals surface area contributed by atoms with Crippen LogP contribution in [0.2, 0.25) is 5.02 Å². The number of carbonyl (C=O) groups excluding carboxylic acids is 1. The number of benzene rings is 2. The Morgan fingerprint density at radius 1 is 1.00 bits per heavy atom. The van der Waals surface area contributed by atoms with Gasteiger partial charge in [0.2, 0.25) is 0 Å². The average Bonchev–Trinajstić information content (AvgIpc) is 2.58. The van der Waals surface area contributed by atoms with Gasteiger partial charge in [-0.05, 0) is 30.3 Å². The van der Waals surface area contributed by atoms with Crippen LogP contribution in [0.1, 0.15) is 10.5 Å². The maximum absolute atomic E-state index is 13.7. The van der Waals surface area contributed by atoms with Crippen molar-refractivity contribution in [2.75, 3.05) is 10.6 Å². The fraction of sp³-hybridized carbons (Fsp3) is 0.